The van der Waals surface area contributed by atoms with Gasteiger partial charge < -0.3 is 0 Å². The zero-order chi connectivity index (χ0) is 5.86. The molecule has 0 heterocycles. The topological polar surface area (TPSA) is 34.1 Å². The van der Waals surface area contributed by atoms with E-state index in [9.17, 15) is 9.59 Å². The van der Waals surface area contributed by atoms with Crippen molar-refractivity contribution in [2.75, 3.05) is 0 Å². The van der Waals surface area contributed by atoms with Crippen molar-refractivity contribution in [3.05, 3.63) is 0 Å². The van der Waals surface area contributed by atoms with E-state index >= 15 is 0 Å². The minimum absolute atomic E-state index is 0. The van der Waals surface area contributed by atoms with E-state index in [4.69, 9.17) is 0 Å². The average Bonchev–Trinajstić information content (AvgIpc) is 1.27. The Morgan fingerprint density at radius 1 is 1.12 bits per heavy atom. The molecule has 0 spiro atoms. The van der Waals surface area contributed by atoms with Gasteiger partial charge in [0.25, 0.3) is 0 Å². The van der Waals surface area contributed by atoms with Gasteiger partial charge in [0, 0.05) is 0 Å². The largest absolute Gasteiger partial charge is 2.00 e. The molecule has 40 valence electrons. The van der Waals surface area contributed by atoms with Crippen molar-refractivity contribution in [2.24, 2.45) is 0 Å². The predicted octanol–water partition coefficient (Wildman–Crippen LogP) is 0.174. The summed E-state index contributed by atoms with van der Waals surface area (Å²) >= 11 is 0. The van der Waals surface area contributed by atoms with Crippen LogP contribution in [0.5, 0.6) is 0 Å². The Morgan fingerprint density at radius 3 is 1.38 bits per heavy atom. The van der Waals surface area contributed by atoms with E-state index in [1.54, 1.807) is 0 Å². The van der Waals surface area contributed by atoms with Gasteiger partial charge >= 0.3 is 37.7 Å². The molecule has 0 aromatic heterocycles. The molecule has 0 aromatic rings. The van der Waals surface area contributed by atoms with Gasteiger partial charge in [0.15, 0.2) is 0 Å². The zero-order valence-corrected chi connectivity index (χ0v) is 7.44. The van der Waals surface area contributed by atoms with Crippen molar-refractivity contribution < 1.29 is 9.59 Å². The van der Waals surface area contributed by atoms with Gasteiger partial charge in [-0.2, -0.15) is 0 Å². The van der Waals surface area contributed by atoms with Crippen molar-refractivity contribution in [2.45, 2.75) is 20.3 Å². The number of rotatable bonds is 2. The van der Waals surface area contributed by atoms with Crippen LogP contribution in [0.2, 0.25) is 0 Å². The van der Waals surface area contributed by atoms with Crippen molar-refractivity contribution in [3.63, 3.8) is 0 Å². The van der Waals surface area contributed by atoms with Crippen molar-refractivity contribution in [1.29, 1.82) is 0 Å². The fourth-order valence-corrected chi connectivity index (χ4v) is 0.351. The van der Waals surface area contributed by atoms with Crippen LogP contribution < -0.4 is 0 Å². The second kappa shape index (κ2) is 5.73. The Bertz CT molecular complexity index is 86.6. The number of carbonyl (C=O) groups excluding carboxylic acids is 2. The fourth-order valence-electron chi connectivity index (χ4n) is 0.351. The SMILES string of the molecule is CC(=O)CC(C)=O.[Ca+2]. The van der Waals surface area contributed by atoms with Crippen LogP contribution in [-0.4, -0.2) is 49.3 Å². The molecule has 0 aliphatic heterocycles. The van der Waals surface area contributed by atoms with E-state index in [0.29, 0.717) is 0 Å². The first kappa shape index (κ1) is 11.4. The molecule has 0 bridgehead atoms. The van der Waals surface area contributed by atoms with Crippen LogP contribution in [0, 0.1) is 0 Å². The second-order valence-corrected chi connectivity index (χ2v) is 1.58. The van der Waals surface area contributed by atoms with Gasteiger partial charge in [0.1, 0.15) is 11.6 Å². The second-order valence-electron chi connectivity index (χ2n) is 1.58. The summed E-state index contributed by atoms with van der Waals surface area (Å²) in [6, 6.07) is 0. The van der Waals surface area contributed by atoms with Gasteiger partial charge in [-0.3, -0.25) is 9.59 Å². The molecule has 0 unspecified atom stereocenters. The number of ketones is 2. The minimum Gasteiger partial charge on any atom is -0.300 e. The summed E-state index contributed by atoms with van der Waals surface area (Å²) in [6.45, 7) is 2.81. The van der Waals surface area contributed by atoms with Gasteiger partial charge in [-0.05, 0) is 13.8 Å². The normalized spacial score (nSPS) is 7.25. The molecule has 3 heteroatoms. The molecule has 0 rings (SSSR count). The summed E-state index contributed by atoms with van der Waals surface area (Å²) in [5.41, 5.74) is 0. The van der Waals surface area contributed by atoms with Crippen LogP contribution in [-0.2, 0) is 9.59 Å². The molecule has 0 N–H and O–H groups in total. The van der Waals surface area contributed by atoms with Crippen LogP contribution in [0.1, 0.15) is 20.3 Å². The third-order valence-electron chi connectivity index (χ3n) is 0.498. The van der Waals surface area contributed by atoms with Crippen LogP contribution in [0.3, 0.4) is 0 Å². The van der Waals surface area contributed by atoms with Crippen molar-refractivity contribution in [1.82, 2.24) is 0 Å². The maximum Gasteiger partial charge on any atom is 2.00 e. The molecular formula is C5H8CaO2+2. The van der Waals surface area contributed by atoms with E-state index in [1.807, 2.05) is 0 Å². The van der Waals surface area contributed by atoms with Gasteiger partial charge in [0.2, 0.25) is 0 Å². The molecule has 0 radical (unpaired) electrons. The molecule has 0 saturated carbocycles. The maximum absolute atomic E-state index is 10.0. The first-order valence-electron chi connectivity index (χ1n) is 2.12. The first-order valence-corrected chi connectivity index (χ1v) is 2.12. The quantitative estimate of drug-likeness (QED) is 0.405. The van der Waals surface area contributed by atoms with Crippen molar-refractivity contribution >= 4 is 49.3 Å². The van der Waals surface area contributed by atoms with Gasteiger partial charge in [-0.25, -0.2) is 0 Å². The molecule has 0 atom stereocenters. The summed E-state index contributed by atoms with van der Waals surface area (Å²) in [6.07, 6.45) is 0.0833. The fraction of sp³-hybridized carbons (Fsp3) is 0.600. The number of carbonyl (C=O) groups is 2. The predicted molar refractivity (Wildman–Crippen MR) is 31.7 cm³/mol. The number of Topliss-reactive ketones (excluding diaryl/α,β-unsaturated/α-hetero) is 2. The van der Waals surface area contributed by atoms with E-state index < -0.39 is 0 Å². The summed E-state index contributed by atoms with van der Waals surface area (Å²) < 4.78 is 0. The molecule has 2 nitrogen and oxygen atoms in total. The van der Waals surface area contributed by atoms with Crippen molar-refractivity contribution in [3.8, 4) is 0 Å². The van der Waals surface area contributed by atoms with Gasteiger partial charge in [0.05, 0.1) is 6.42 Å². The molecule has 0 amide bonds. The van der Waals surface area contributed by atoms with E-state index in [-0.39, 0.29) is 55.7 Å². The number of hydrogen-bond donors (Lipinski definition) is 0. The monoisotopic (exact) mass is 140 g/mol. The summed E-state index contributed by atoms with van der Waals surface area (Å²) in [7, 11) is 0. The maximum atomic E-state index is 10.0. The van der Waals surface area contributed by atoms with Crippen LogP contribution in [0.25, 0.3) is 0 Å². The molecule has 0 aliphatic rings. The molecule has 0 saturated heterocycles. The van der Waals surface area contributed by atoms with Gasteiger partial charge in [-0.15, -0.1) is 0 Å². The molecule has 0 aromatic carbocycles. The molecular weight excluding hydrogens is 132 g/mol. The average molecular weight is 140 g/mol. The Kier molecular flexibility index (Phi) is 8.17. The first-order chi connectivity index (χ1) is 3.13. The molecule has 0 aliphatic carbocycles. The zero-order valence-electron chi connectivity index (χ0n) is 5.23. The molecule has 0 fully saturated rings. The van der Waals surface area contributed by atoms with E-state index in [2.05, 4.69) is 0 Å². The van der Waals surface area contributed by atoms with Gasteiger partial charge in [-0.1, -0.05) is 0 Å². The number of hydrogen-bond acceptors (Lipinski definition) is 2. The van der Waals surface area contributed by atoms with Crippen LogP contribution in [0.4, 0.5) is 0 Å². The third-order valence-corrected chi connectivity index (χ3v) is 0.498. The standard InChI is InChI=1S/C5H8O2.Ca/c1-4(6)3-5(2)7;/h3H2,1-2H3;/q;+2. The Morgan fingerprint density at radius 2 is 1.38 bits per heavy atom. The van der Waals surface area contributed by atoms with E-state index in [1.165, 1.54) is 13.8 Å². The minimum atomic E-state index is -0.0625. The summed E-state index contributed by atoms with van der Waals surface area (Å²) in [4.78, 5) is 20.1. The summed E-state index contributed by atoms with van der Waals surface area (Å²) in [5, 5.41) is 0. The van der Waals surface area contributed by atoms with Crippen LogP contribution >= 0.6 is 0 Å². The Labute approximate surface area is 78.6 Å². The van der Waals surface area contributed by atoms with E-state index in [0.717, 1.165) is 0 Å². The molecule has 8 heavy (non-hydrogen) atoms. The smallest absolute Gasteiger partial charge is 0.300 e. The summed E-state index contributed by atoms with van der Waals surface area (Å²) in [5.74, 6) is -0.125. The Balaban J connectivity index is 0. The Hall–Kier alpha value is 0.600. The van der Waals surface area contributed by atoms with Crippen LogP contribution in [0.15, 0.2) is 0 Å². The third kappa shape index (κ3) is 9.78.